The number of halogens is 1. The molecule has 0 saturated carbocycles. The Morgan fingerprint density at radius 3 is 2.95 bits per heavy atom. The maximum absolute atomic E-state index is 12.4. The standard InChI is InChI=1S/C13H16ClN3O3/c1-20-13(19)16-9-4-5-17(7-9)12(18)10-6-8(14)2-3-11(10)15/h2-3,6,9H,4-5,7,15H2,1H3,(H,16,19). The molecule has 1 aromatic rings. The van der Waals surface area contributed by atoms with E-state index in [1.54, 1.807) is 23.1 Å². The lowest BCUT2D eigenvalue weighted by Crippen LogP contribution is -2.38. The van der Waals surface area contributed by atoms with Gasteiger partial charge in [0, 0.05) is 23.8 Å². The second kappa shape index (κ2) is 6.00. The Balaban J connectivity index is 2.04. The minimum atomic E-state index is -0.494. The summed E-state index contributed by atoms with van der Waals surface area (Å²) in [6.45, 7) is 0.985. The van der Waals surface area contributed by atoms with Gasteiger partial charge < -0.3 is 20.7 Å². The predicted octanol–water partition coefficient (Wildman–Crippen LogP) is 1.49. The molecular weight excluding hydrogens is 282 g/mol. The first kappa shape index (κ1) is 14.5. The van der Waals surface area contributed by atoms with E-state index in [0.29, 0.717) is 35.8 Å². The van der Waals surface area contributed by atoms with Gasteiger partial charge in [0.2, 0.25) is 0 Å². The van der Waals surface area contributed by atoms with Crippen molar-refractivity contribution in [1.29, 1.82) is 0 Å². The van der Waals surface area contributed by atoms with Crippen molar-refractivity contribution in [3.8, 4) is 0 Å². The lowest BCUT2D eigenvalue weighted by atomic mass is 10.1. The number of nitrogens with two attached hydrogens (primary N) is 1. The normalized spacial score (nSPS) is 17.9. The highest BCUT2D eigenvalue weighted by Gasteiger charge is 2.29. The molecule has 2 amide bonds. The Labute approximate surface area is 121 Å². The molecule has 3 N–H and O–H groups in total. The van der Waals surface area contributed by atoms with Crippen LogP contribution in [0.25, 0.3) is 0 Å². The number of ether oxygens (including phenoxy) is 1. The highest BCUT2D eigenvalue weighted by atomic mass is 35.5. The van der Waals surface area contributed by atoms with Gasteiger partial charge in [-0.25, -0.2) is 4.79 Å². The van der Waals surface area contributed by atoms with Gasteiger partial charge in [-0.15, -0.1) is 0 Å². The Morgan fingerprint density at radius 1 is 1.50 bits per heavy atom. The van der Waals surface area contributed by atoms with E-state index in [9.17, 15) is 9.59 Å². The van der Waals surface area contributed by atoms with Crippen LogP contribution in [0.4, 0.5) is 10.5 Å². The number of carbonyl (C=O) groups is 2. The Morgan fingerprint density at radius 2 is 2.25 bits per heavy atom. The van der Waals surface area contributed by atoms with E-state index in [-0.39, 0.29) is 11.9 Å². The van der Waals surface area contributed by atoms with E-state index in [1.807, 2.05) is 0 Å². The van der Waals surface area contributed by atoms with Gasteiger partial charge in [0.1, 0.15) is 0 Å². The molecule has 0 aliphatic carbocycles. The number of hydrogen-bond donors (Lipinski definition) is 2. The van der Waals surface area contributed by atoms with E-state index in [1.165, 1.54) is 7.11 Å². The molecule has 6 nitrogen and oxygen atoms in total. The van der Waals surface area contributed by atoms with E-state index in [2.05, 4.69) is 10.1 Å². The number of rotatable bonds is 2. The molecule has 1 unspecified atom stereocenters. The number of nitrogens with one attached hydrogen (secondary N) is 1. The molecule has 0 radical (unpaired) electrons. The summed E-state index contributed by atoms with van der Waals surface area (Å²) in [6.07, 6.45) is 0.188. The van der Waals surface area contributed by atoms with Gasteiger partial charge in [-0.05, 0) is 24.6 Å². The summed E-state index contributed by atoms with van der Waals surface area (Å²) < 4.78 is 4.54. The van der Waals surface area contributed by atoms with Crippen molar-refractivity contribution in [3.05, 3.63) is 28.8 Å². The monoisotopic (exact) mass is 297 g/mol. The number of nitrogens with zero attached hydrogens (tertiary/aromatic N) is 1. The van der Waals surface area contributed by atoms with Crippen LogP contribution >= 0.6 is 11.6 Å². The van der Waals surface area contributed by atoms with Crippen LogP contribution in [0.2, 0.25) is 5.02 Å². The van der Waals surface area contributed by atoms with Crippen molar-refractivity contribution in [2.45, 2.75) is 12.5 Å². The number of nitrogen functional groups attached to an aromatic ring is 1. The average molecular weight is 298 g/mol. The van der Waals surface area contributed by atoms with Crippen molar-refractivity contribution in [2.75, 3.05) is 25.9 Å². The quantitative estimate of drug-likeness (QED) is 0.810. The van der Waals surface area contributed by atoms with Crippen LogP contribution in [-0.2, 0) is 4.74 Å². The third kappa shape index (κ3) is 3.14. The molecule has 1 heterocycles. The van der Waals surface area contributed by atoms with E-state index in [4.69, 9.17) is 17.3 Å². The number of methoxy groups -OCH3 is 1. The lowest BCUT2D eigenvalue weighted by Gasteiger charge is -2.18. The first-order valence-corrected chi connectivity index (χ1v) is 6.58. The minimum Gasteiger partial charge on any atom is -0.453 e. The third-order valence-corrected chi connectivity index (χ3v) is 3.46. The van der Waals surface area contributed by atoms with Gasteiger partial charge in [0.15, 0.2) is 0 Å². The Bertz CT molecular complexity index is 536. The summed E-state index contributed by atoms with van der Waals surface area (Å²) in [6, 6.07) is 4.70. The predicted molar refractivity (Wildman–Crippen MR) is 75.7 cm³/mol. The van der Waals surface area contributed by atoms with E-state index < -0.39 is 6.09 Å². The molecule has 1 atom stereocenters. The molecule has 7 heteroatoms. The summed E-state index contributed by atoms with van der Waals surface area (Å²) in [7, 11) is 1.31. The summed E-state index contributed by atoms with van der Waals surface area (Å²) in [4.78, 5) is 25.1. The second-order valence-electron chi connectivity index (χ2n) is 4.60. The van der Waals surface area contributed by atoms with Crippen LogP contribution in [0, 0.1) is 0 Å². The molecule has 1 fully saturated rings. The van der Waals surface area contributed by atoms with E-state index >= 15 is 0 Å². The molecular formula is C13H16ClN3O3. The van der Waals surface area contributed by atoms with Crippen molar-refractivity contribution in [1.82, 2.24) is 10.2 Å². The Kier molecular flexibility index (Phi) is 4.34. The van der Waals surface area contributed by atoms with Gasteiger partial charge in [0.05, 0.1) is 18.7 Å². The number of likely N-dealkylation sites (tertiary alicyclic amines) is 1. The topological polar surface area (TPSA) is 84.7 Å². The first-order valence-electron chi connectivity index (χ1n) is 6.20. The number of hydrogen-bond acceptors (Lipinski definition) is 4. The van der Waals surface area contributed by atoms with Gasteiger partial charge in [-0.3, -0.25) is 4.79 Å². The largest absolute Gasteiger partial charge is 0.453 e. The molecule has 0 bridgehead atoms. The van der Waals surface area contributed by atoms with Crippen LogP contribution in [-0.4, -0.2) is 43.1 Å². The van der Waals surface area contributed by atoms with Crippen molar-refractivity contribution >= 4 is 29.3 Å². The zero-order valence-corrected chi connectivity index (χ0v) is 11.8. The molecule has 1 aliphatic heterocycles. The maximum atomic E-state index is 12.4. The number of alkyl carbamates (subject to hydrolysis) is 1. The molecule has 20 heavy (non-hydrogen) atoms. The van der Waals surface area contributed by atoms with Crippen molar-refractivity contribution in [3.63, 3.8) is 0 Å². The molecule has 2 rings (SSSR count). The van der Waals surface area contributed by atoms with Crippen LogP contribution in [0.15, 0.2) is 18.2 Å². The summed E-state index contributed by atoms with van der Waals surface area (Å²) in [5, 5.41) is 3.14. The number of benzene rings is 1. The van der Waals surface area contributed by atoms with Gasteiger partial charge >= 0.3 is 6.09 Å². The SMILES string of the molecule is COC(=O)NC1CCN(C(=O)c2cc(Cl)ccc2N)C1. The summed E-state index contributed by atoms with van der Waals surface area (Å²) in [5.74, 6) is -0.181. The minimum absolute atomic E-state index is 0.105. The van der Waals surface area contributed by atoms with E-state index in [0.717, 1.165) is 0 Å². The number of anilines is 1. The lowest BCUT2D eigenvalue weighted by molar-refractivity contribution is 0.0789. The molecule has 1 aromatic carbocycles. The fourth-order valence-corrected chi connectivity index (χ4v) is 2.34. The zero-order valence-electron chi connectivity index (χ0n) is 11.1. The third-order valence-electron chi connectivity index (χ3n) is 3.23. The molecule has 108 valence electrons. The molecule has 0 spiro atoms. The van der Waals surface area contributed by atoms with Crippen molar-refractivity contribution in [2.24, 2.45) is 0 Å². The smallest absolute Gasteiger partial charge is 0.407 e. The van der Waals surface area contributed by atoms with Crippen LogP contribution in [0.1, 0.15) is 16.8 Å². The summed E-state index contributed by atoms with van der Waals surface area (Å²) >= 11 is 5.88. The molecule has 1 saturated heterocycles. The van der Waals surface area contributed by atoms with Crippen molar-refractivity contribution < 1.29 is 14.3 Å². The first-order chi connectivity index (χ1) is 9.51. The van der Waals surface area contributed by atoms with Crippen LogP contribution in [0.3, 0.4) is 0 Å². The highest BCUT2D eigenvalue weighted by molar-refractivity contribution is 6.31. The van der Waals surface area contributed by atoms with Crippen LogP contribution < -0.4 is 11.1 Å². The number of amides is 2. The molecule has 0 aromatic heterocycles. The number of carbonyl (C=O) groups excluding carboxylic acids is 2. The average Bonchev–Trinajstić information content (AvgIpc) is 2.89. The second-order valence-corrected chi connectivity index (χ2v) is 5.04. The maximum Gasteiger partial charge on any atom is 0.407 e. The fourth-order valence-electron chi connectivity index (χ4n) is 2.17. The van der Waals surface area contributed by atoms with Gasteiger partial charge in [-0.2, -0.15) is 0 Å². The zero-order chi connectivity index (χ0) is 14.7. The molecule has 1 aliphatic rings. The highest BCUT2D eigenvalue weighted by Crippen LogP contribution is 2.21. The summed E-state index contributed by atoms with van der Waals surface area (Å²) in [5.41, 5.74) is 6.58. The van der Waals surface area contributed by atoms with Crippen LogP contribution in [0.5, 0.6) is 0 Å². The fraction of sp³-hybridized carbons (Fsp3) is 0.385. The van der Waals surface area contributed by atoms with Gasteiger partial charge in [-0.1, -0.05) is 11.6 Å². The van der Waals surface area contributed by atoms with Gasteiger partial charge in [0.25, 0.3) is 5.91 Å². The Hall–Kier alpha value is -1.95.